The van der Waals surface area contributed by atoms with Crippen molar-refractivity contribution >= 4 is 29.4 Å². The number of ether oxygens (including phenoxy) is 2. The number of nitrogens with zero attached hydrogens (tertiary/aromatic N) is 2. The van der Waals surface area contributed by atoms with Gasteiger partial charge in [-0.25, -0.2) is 9.80 Å². The number of hydrogen-bond donors (Lipinski definition) is 1. The van der Waals surface area contributed by atoms with Gasteiger partial charge in [-0.3, -0.25) is 19.8 Å². The SMILES string of the molecule is COC(=O)CC1(C(=O)OC)N(NC(=O)Cc2ccccc2)C(=O)c2ccccc2N1C. The molecule has 1 heterocycles. The Morgan fingerprint density at radius 2 is 1.61 bits per heavy atom. The molecule has 0 fully saturated rings. The normalized spacial score (nSPS) is 17.6. The van der Waals surface area contributed by atoms with Gasteiger partial charge in [0.2, 0.25) is 11.6 Å². The van der Waals surface area contributed by atoms with Crippen LogP contribution in [-0.2, 0) is 30.3 Å². The molecule has 0 spiro atoms. The Morgan fingerprint density at radius 3 is 2.26 bits per heavy atom. The van der Waals surface area contributed by atoms with Gasteiger partial charge in [0, 0.05) is 7.05 Å². The van der Waals surface area contributed by atoms with E-state index < -0.39 is 35.8 Å². The highest BCUT2D eigenvalue weighted by Gasteiger charge is 2.57. The third kappa shape index (κ3) is 3.94. The van der Waals surface area contributed by atoms with E-state index in [1.165, 1.54) is 12.0 Å². The molecule has 3 rings (SSSR count). The summed E-state index contributed by atoms with van der Waals surface area (Å²) in [5.74, 6) is -2.84. The maximum atomic E-state index is 13.4. The second-order valence-corrected chi connectivity index (χ2v) is 6.98. The van der Waals surface area contributed by atoms with Crippen LogP contribution in [0.3, 0.4) is 0 Å². The lowest BCUT2D eigenvalue weighted by Gasteiger charge is -2.50. The van der Waals surface area contributed by atoms with Gasteiger partial charge in [0.1, 0.15) is 6.42 Å². The molecule has 1 N–H and O–H groups in total. The molecule has 2 amide bonds. The minimum atomic E-state index is -1.97. The van der Waals surface area contributed by atoms with Gasteiger partial charge in [-0.2, -0.15) is 0 Å². The molecule has 1 aliphatic heterocycles. The highest BCUT2D eigenvalue weighted by Crippen LogP contribution is 2.38. The number of likely N-dealkylation sites (N-methyl/N-ethyl adjacent to an activating group) is 1. The lowest BCUT2D eigenvalue weighted by Crippen LogP contribution is -2.74. The summed E-state index contributed by atoms with van der Waals surface area (Å²) in [4.78, 5) is 53.0. The van der Waals surface area contributed by atoms with Gasteiger partial charge in [0.15, 0.2) is 0 Å². The Labute approximate surface area is 179 Å². The van der Waals surface area contributed by atoms with E-state index in [4.69, 9.17) is 9.47 Å². The van der Waals surface area contributed by atoms with E-state index in [0.29, 0.717) is 5.69 Å². The maximum Gasteiger partial charge on any atom is 0.355 e. The van der Waals surface area contributed by atoms with Crippen molar-refractivity contribution in [3.05, 3.63) is 65.7 Å². The van der Waals surface area contributed by atoms with Gasteiger partial charge < -0.3 is 14.4 Å². The topological polar surface area (TPSA) is 105 Å². The molecule has 0 saturated carbocycles. The number of fused-ring (bicyclic) bond motifs is 1. The van der Waals surface area contributed by atoms with Crippen molar-refractivity contribution in [1.29, 1.82) is 0 Å². The predicted octanol–water partition coefficient (Wildman–Crippen LogP) is 1.28. The highest BCUT2D eigenvalue weighted by molar-refractivity contribution is 6.08. The van der Waals surface area contributed by atoms with E-state index in [1.807, 2.05) is 6.07 Å². The smallest absolute Gasteiger partial charge is 0.355 e. The number of para-hydroxylation sites is 1. The summed E-state index contributed by atoms with van der Waals surface area (Å²) >= 11 is 0. The fourth-order valence-electron chi connectivity index (χ4n) is 3.61. The monoisotopic (exact) mass is 425 g/mol. The van der Waals surface area contributed by atoms with E-state index in [1.54, 1.807) is 55.6 Å². The van der Waals surface area contributed by atoms with E-state index in [0.717, 1.165) is 17.7 Å². The van der Waals surface area contributed by atoms with Crippen LogP contribution in [0, 0.1) is 0 Å². The maximum absolute atomic E-state index is 13.4. The predicted molar refractivity (Wildman–Crippen MR) is 111 cm³/mol. The molecule has 0 aliphatic carbocycles. The summed E-state index contributed by atoms with van der Waals surface area (Å²) in [6, 6.07) is 15.5. The molecule has 9 heteroatoms. The number of rotatable bonds is 6. The fourth-order valence-corrected chi connectivity index (χ4v) is 3.61. The molecule has 1 aliphatic rings. The number of hydrogen-bond acceptors (Lipinski definition) is 7. The van der Waals surface area contributed by atoms with Crippen LogP contribution < -0.4 is 10.3 Å². The van der Waals surface area contributed by atoms with Crippen LogP contribution in [0.1, 0.15) is 22.3 Å². The molecular weight excluding hydrogens is 402 g/mol. The Morgan fingerprint density at radius 1 is 0.968 bits per heavy atom. The summed E-state index contributed by atoms with van der Waals surface area (Å²) in [5.41, 5.74) is 1.93. The Kier molecular flexibility index (Phi) is 6.24. The Bertz CT molecular complexity index is 1010. The summed E-state index contributed by atoms with van der Waals surface area (Å²) in [6.07, 6.45) is -0.593. The van der Waals surface area contributed by atoms with Gasteiger partial charge in [0.25, 0.3) is 5.91 Å². The molecule has 0 radical (unpaired) electrons. The van der Waals surface area contributed by atoms with E-state index >= 15 is 0 Å². The molecule has 162 valence electrons. The molecule has 2 aromatic carbocycles. The molecule has 31 heavy (non-hydrogen) atoms. The third-order valence-electron chi connectivity index (χ3n) is 5.20. The zero-order chi connectivity index (χ0) is 22.6. The Hall–Kier alpha value is -3.88. The summed E-state index contributed by atoms with van der Waals surface area (Å²) in [5, 5.41) is 0.864. The average Bonchev–Trinajstić information content (AvgIpc) is 2.79. The first-order valence-corrected chi connectivity index (χ1v) is 9.51. The van der Waals surface area contributed by atoms with Gasteiger partial charge in [0.05, 0.1) is 31.9 Å². The van der Waals surface area contributed by atoms with Gasteiger partial charge in [-0.1, -0.05) is 42.5 Å². The number of carbonyl (C=O) groups excluding carboxylic acids is 4. The van der Waals surface area contributed by atoms with E-state index in [2.05, 4.69) is 5.43 Å². The van der Waals surface area contributed by atoms with Crippen LogP contribution in [0.4, 0.5) is 5.69 Å². The number of amides is 2. The second kappa shape index (κ2) is 8.86. The van der Waals surface area contributed by atoms with Crippen LogP contribution in [-0.4, -0.2) is 55.7 Å². The zero-order valence-electron chi connectivity index (χ0n) is 17.5. The van der Waals surface area contributed by atoms with Crippen LogP contribution in [0.2, 0.25) is 0 Å². The first-order valence-electron chi connectivity index (χ1n) is 9.51. The Balaban J connectivity index is 2.08. The van der Waals surface area contributed by atoms with E-state index in [9.17, 15) is 19.2 Å². The average molecular weight is 425 g/mol. The minimum Gasteiger partial charge on any atom is -0.469 e. The lowest BCUT2D eigenvalue weighted by molar-refractivity contribution is -0.164. The quantitative estimate of drug-likeness (QED) is 0.695. The van der Waals surface area contributed by atoms with Gasteiger partial charge >= 0.3 is 11.9 Å². The van der Waals surface area contributed by atoms with Gasteiger partial charge in [-0.05, 0) is 17.7 Å². The van der Waals surface area contributed by atoms with E-state index in [-0.39, 0.29) is 12.0 Å². The molecule has 2 aromatic rings. The number of benzene rings is 2. The largest absolute Gasteiger partial charge is 0.469 e. The third-order valence-corrected chi connectivity index (χ3v) is 5.20. The number of methoxy groups -OCH3 is 2. The van der Waals surface area contributed by atoms with Crippen LogP contribution >= 0.6 is 0 Å². The summed E-state index contributed by atoms with van der Waals surface area (Å²) in [7, 11) is 3.86. The van der Waals surface area contributed by atoms with Crippen molar-refractivity contribution in [2.75, 3.05) is 26.2 Å². The van der Waals surface area contributed by atoms with Crippen molar-refractivity contribution in [3.8, 4) is 0 Å². The molecule has 9 nitrogen and oxygen atoms in total. The summed E-state index contributed by atoms with van der Waals surface area (Å²) in [6.45, 7) is 0. The molecule has 0 aromatic heterocycles. The van der Waals surface area contributed by atoms with Crippen molar-refractivity contribution in [1.82, 2.24) is 10.4 Å². The molecule has 0 saturated heterocycles. The van der Waals surface area contributed by atoms with Crippen LogP contribution in [0.5, 0.6) is 0 Å². The van der Waals surface area contributed by atoms with Crippen LogP contribution in [0.15, 0.2) is 54.6 Å². The van der Waals surface area contributed by atoms with Crippen LogP contribution in [0.25, 0.3) is 0 Å². The fraction of sp³-hybridized carbons (Fsp3) is 0.273. The summed E-state index contributed by atoms with van der Waals surface area (Å²) < 4.78 is 9.74. The molecule has 0 bridgehead atoms. The highest BCUT2D eigenvalue weighted by atomic mass is 16.5. The van der Waals surface area contributed by atoms with Crippen molar-refractivity contribution < 1.29 is 28.7 Å². The zero-order valence-corrected chi connectivity index (χ0v) is 17.5. The molecule has 1 unspecified atom stereocenters. The number of hydrazine groups is 1. The number of esters is 2. The molecular formula is C22H23N3O6. The number of carbonyl (C=O) groups is 4. The van der Waals surface area contributed by atoms with Crippen molar-refractivity contribution in [2.24, 2.45) is 0 Å². The van der Waals surface area contributed by atoms with Gasteiger partial charge in [-0.15, -0.1) is 0 Å². The van der Waals surface area contributed by atoms with Crippen molar-refractivity contribution in [2.45, 2.75) is 18.5 Å². The first kappa shape index (κ1) is 21.8. The standard InChI is InChI=1S/C22H23N3O6/c1-24-17-12-8-7-11-16(17)20(28)25(22(24,21(29)31-3)14-19(27)30-2)23-18(26)13-15-9-5-4-6-10-15/h4-12H,13-14H2,1-3H3,(H,23,26). The number of anilines is 1. The minimum absolute atomic E-state index is 0.0363. The number of nitrogens with one attached hydrogen (secondary N) is 1. The molecule has 1 atom stereocenters. The second-order valence-electron chi connectivity index (χ2n) is 6.98. The van der Waals surface area contributed by atoms with Crippen molar-refractivity contribution in [3.63, 3.8) is 0 Å². The first-order chi connectivity index (χ1) is 14.8. The lowest BCUT2D eigenvalue weighted by atomic mass is 9.95.